The molecule has 0 unspecified atom stereocenters. The highest BCUT2D eigenvalue weighted by atomic mass is 35.5. The predicted molar refractivity (Wildman–Crippen MR) is 113 cm³/mol. The summed E-state index contributed by atoms with van der Waals surface area (Å²) in [5.74, 6) is -0.432. The predicted octanol–water partition coefficient (Wildman–Crippen LogP) is 5.59. The number of carbonyl (C=O) groups excluding carboxylic acids is 1. The number of aryl methyl sites for hydroxylation is 1. The van der Waals surface area contributed by atoms with Crippen LogP contribution in [0.25, 0.3) is 11.0 Å². The Morgan fingerprint density at radius 2 is 1.87 bits per heavy atom. The maximum absolute atomic E-state index is 12.6. The third kappa shape index (κ3) is 5.27. The van der Waals surface area contributed by atoms with Crippen molar-refractivity contribution < 1.29 is 23.0 Å². The second kappa shape index (κ2) is 9.54. The molecule has 3 heterocycles. The molecule has 3 rings (SSSR count). The van der Waals surface area contributed by atoms with Gasteiger partial charge in [0.2, 0.25) is 5.88 Å². The molecule has 31 heavy (non-hydrogen) atoms. The monoisotopic (exact) mass is 471 g/mol. The van der Waals surface area contributed by atoms with Gasteiger partial charge in [-0.05, 0) is 32.0 Å². The Morgan fingerprint density at radius 1 is 1.16 bits per heavy atom. The summed E-state index contributed by atoms with van der Waals surface area (Å²) >= 11 is 11.9. The number of alkyl halides is 2. The number of rotatable bonds is 6. The van der Waals surface area contributed by atoms with Crippen molar-refractivity contribution in [1.29, 1.82) is 0 Å². The van der Waals surface area contributed by atoms with Crippen LogP contribution < -0.4 is 15.4 Å². The number of amides is 2. The van der Waals surface area contributed by atoms with Gasteiger partial charge in [0, 0.05) is 12.7 Å². The van der Waals surface area contributed by atoms with Crippen molar-refractivity contribution in [2.24, 2.45) is 0 Å². The van der Waals surface area contributed by atoms with E-state index in [4.69, 9.17) is 27.9 Å². The largest absolute Gasteiger partial charge is 0.415 e. The van der Waals surface area contributed by atoms with E-state index in [0.29, 0.717) is 22.3 Å². The summed E-state index contributed by atoms with van der Waals surface area (Å²) in [4.78, 5) is 25.1. The van der Waals surface area contributed by atoms with Crippen LogP contribution in [0.2, 0.25) is 10.2 Å². The van der Waals surface area contributed by atoms with Gasteiger partial charge in [-0.3, -0.25) is 4.98 Å². The fourth-order valence-electron chi connectivity index (χ4n) is 2.82. The molecular formula is C19H17Cl2F2N5O3. The zero-order valence-electron chi connectivity index (χ0n) is 16.5. The number of anilines is 2. The standard InChI is InChI=1S/C19H17Cl2F2N5O3/c1-8-12(6-10(20)17(25-8)31-18(22)23)26-19(29)27-13-7-24-11-4-5-14(21)28-16(11)15(13)9(2)30-3/h4-7,9,18H,1-3H3,(H2,26,27,29)/t9-/m0/s1. The first-order valence-corrected chi connectivity index (χ1v) is 9.63. The zero-order valence-corrected chi connectivity index (χ0v) is 18.1. The molecule has 8 nitrogen and oxygen atoms in total. The number of pyridine rings is 3. The van der Waals surface area contributed by atoms with Gasteiger partial charge >= 0.3 is 12.6 Å². The fourth-order valence-corrected chi connectivity index (χ4v) is 3.16. The average Bonchev–Trinajstić information content (AvgIpc) is 2.70. The number of methoxy groups -OCH3 is 1. The quantitative estimate of drug-likeness (QED) is 0.454. The molecule has 1 atom stereocenters. The minimum atomic E-state index is -3.07. The summed E-state index contributed by atoms with van der Waals surface area (Å²) in [6.07, 6.45) is 1.04. The molecule has 3 aromatic rings. The molecule has 0 saturated carbocycles. The molecule has 0 radical (unpaired) electrons. The van der Waals surface area contributed by atoms with Gasteiger partial charge in [0.15, 0.2) is 0 Å². The van der Waals surface area contributed by atoms with Crippen molar-refractivity contribution in [3.63, 3.8) is 0 Å². The van der Waals surface area contributed by atoms with Crippen LogP contribution in [0.15, 0.2) is 24.4 Å². The van der Waals surface area contributed by atoms with Crippen molar-refractivity contribution in [2.75, 3.05) is 17.7 Å². The van der Waals surface area contributed by atoms with Crippen LogP contribution in [0.5, 0.6) is 5.88 Å². The van der Waals surface area contributed by atoms with Crippen molar-refractivity contribution in [3.05, 3.63) is 45.8 Å². The number of aromatic nitrogens is 3. The van der Waals surface area contributed by atoms with Crippen LogP contribution in [0.1, 0.15) is 24.3 Å². The Labute approximate surface area is 185 Å². The minimum Gasteiger partial charge on any atom is -0.415 e. The van der Waals surface area contributed by atoms with Gasteiger partial charge in [0.25, 0.3) is 0 Å². The van der Waals surface area contributed by atoms with E-state index in [0.717, 1.165) is 0 Å². The van der Waals surface area contributed by atoms with Crippen LogP contribution in [0, 0.1) is 6.92 Å². The number of hydrogen-bond donors (Lipinski definition) is 2. The van der Waals surface area contributed by atoms with Crippen molar-refractivity contribution in [1.82, 2.24) is 15.0 Å². The molecule has 0 spiro atoms. The number of hydrogen-bond acceptors (Lipinski definition) is 6. The second-order valence-corrected chi connectivity index (χ2v) is 7.13. The van der Waals surface area contributed by atoms with E-state index in [2.05, 4.69) is 30.3 Å². The third-order valence-electron chi connectivity index (χ3n) is 4.31. The van der Waals surface area contributed by atoms with Crippen LogP contribution >= 0.6 is 23.2 Å². The molecular weight excluding hydrogens is 455 g/mol. The van der Waals surface area contributed by atoms with Gasteiger partial charge in [-0.25, -0.2) is 14.8 Å². The van der Waals surface area contributed by atoms with E-state index >= 15 is 0 Å². The molecule has 0 aliphatic heterocycles. The molecule has 3 aromatic heterocycles. The second-order valence-electron chi connectivity index (χ2n) is 6.33. The number of nitrogens with one attached hydrogen (secondary N) is 2. The molecule has 0 bridgehead atoms. The Hall–Kier alpha value is -2.82. The maximum Gasteiger partial charge on any atom is 0.388 e. The molecule has 164 valence electrons. The number of carbonyl (C=O) groups is 1. The highest BCUT2D eigenvalue weighted by Crippen LogP contribution is 2.32. The number of fused-ring (bicyclic) bond motifs is 1. The van der Waals surface area contributed by atoms with Gasteiger partial charge in [0.1, 0.15) is 10.2 Å². The summed E-state index contributed by atoms with van der Waals surface area (Å²) in [5.41, 5.74) is 2.43. The Bertz CT molecular complexity index is 1130. The van der Waals surface area contributed by atoms with E-state index in [1.54, 1.807) is 19.1 Å². The smallest absolute Gasteiger partial charge is 0.388 e. The van der Waals surface area contributed by atoms with Crippen LogP contribution in [-0.4, -0.2) is 34.7 Å². The van der Waals surface area contributed by atoms with Gasteiger partial charge < -0.3 is 20.1 Å². The first-order chi connectivity index (χ1) is 14.7. The molecule has 0 fully saturated rings. The van der Waals surface area contributed by atoms with Crippen molar-refractivity contribution >= 4 is 51.6 Å². The Kier molecular flexibility index (Phi) is 7.04. The van der Waals surface area contributed by atoms with Crippen molar-refractivity contribution in [2.45, 2.75) is 26.6 Å². The number of ether oxygens (including phenoxy) is 2. The van der Waals surface area contributed by atoms with Gasteiger partial charge in [-0.15, -0.1) is 0 Å². The van der Waals surface area contributed by atoms with Crippen LogP contribution in [0.4, 0.5) is 25.0 Å². The Morgan fingerprint density at radius 3 is 2.55 bits per heavy atom. The van der Waals surface area contributed by atoms with Crippen LogP contribution in [-0.2, 0) is 4.74 Å². The van der Waals surface area contributed by atoms with Gasteiger partial charge in [-0.1, -0.05) is 23.2 Å². The topological polar surface area (TPSA) is 98.3 Å². The normalized spacial score (nSPS) is 12.1. The summed E-state index contributed by atoms with van der Waals surface area (Å²) < 4.78 is 34.5. The first-order valence-electron chi connectivity index (χ1n) is 8.87. The molecule has 0 aliphatic carbocycles. The number of nitrogens with zero attached hydrogens (tertiary/aromatic N) is 3. The minimum absolute atomic E-state index is 0.180. The van der Waals surface area contributed by atoms with E-state index in [9.17, 15) is 13.6 Å². The van der Waals surface area contributed by atoms with Crippen LogP contribution in [0.3, 0.4) is 0 Å². The lowest BCUT2D eigenvalue weighted by atomic mass is 10.1. The number of halogens is 4. The Balaban J connectivity index is 1.89. The molecule has 2 amide bonds. The number of urea groups is 1. The fraction of sp³-hybridized carbons (Fsp3) is 0.263. The summed E-state index contributed by atoms with van der Waals surface area (Å²) in [7, 11) is 1.52. The lowest BCUT2D eigenvalue weighted by molar-refractivity contribution is -0.0528. The highest BCUT2D eigenvalue weighted by molar-refractivity contribution is 6.32. The zero-order chi connectivity index (χ0) is 22.7. The molecule has 12 heteroatoms. The average molecular weight is 472 g/mol. The maximum atomic E-state index is 12.6. The highest BCUT2D eigenvalue weighted by Gasteiger charge is 2.20. The first kappa shape index (κ1) is 22.9. The SMILES string of the molecule is CO[C@@H](C)c1c(NC(=O)Nc2cc(Cl)c(OC(F)F)nc2C)cnc2ccc(Cl)nc12. The van der Waals surface area contributed by atoms with Crippen molar-refractivity contribution in [3.8, 4) is 5.88 Å². The summed E-state index contributed by atoms with van der Waals surface area (Å²) in [6, 6.07) is 3.94. The lowest BCUT2D eigenvalue weighted by Gasteiger charge is -2.18. The summed E-state index contributed by atoms with van der Waals surface area (Å²) in [6.45, 7) is 0.220. The van der Waals surface area contributed by atoms with E-state index in [-0.39, 0.29) is 21.6 Å². The van der Waals surface area contributed by atoms with E-state index in [1.807, 2.05) is 0 Å². The van der Waals surface area contributed by atoms with E-state index < -0.39 is 24.6 Å². The molecule has 0 saturated heterocycles. The molecule has 2 N–H and O–H groups in total. The lowest BCUT2D eigenvalue weighted by Crippen LogP contribution is -2.22. The van der Waals surface area contributed by atoms with Gasteiger partial charge in [-0.2, -0.15) is 8.78 Å². The molecule has 0 aliphatic rings. The van der Waals surface area contributed by atoms with Gasteiger partial charge in [0.05, 0.1) is 40.4 Å². The third-order valence-corrected chi connectivity index (χ3v) is 4.79. The summed E-state index contributed by atoms with van der Waals surface area (Å²) in [5, 5.41) is 5.34. The molecule has 0 aromatic carbocycles. The van der Waals surface area contributed by atoms with E-state index in [1.165, 1.54) is 26.3 Å².